The van der Waals surface area contributed by atoms with Crippen LogP contribution in [0, 0.1) is 0 Å². The summed E-state index contributed by atoms with van der Waals surface area (Å²) in [6.07, 6.45) is 1.35. The smallest absolute Gasteiger partial charge is 0.399 e. The van der Waals surface area contributed by atoms with E-state index in [1.165, 1.54) is 0 Å². The number of fused-ring (bicyclic) bond motifs is 1. The van der Waals surface area contributed by atoms with Gasteiger partial charge in [-0.1, -0.05) is 42.5 Å². The zero-order valence-corrected chi connectivity index (χ0v) is 16.2. The Bertz CT molecular complexity index is 936. The van der Waals surface area contributed by atoms with Crippen molar-refractivity contribution in [1.29, 1.82) is 0 Å². The maximum atomic E-state index is 10.5. The van der Waals surface area contributed by atoms with Crippen LogP contribution in [0.2, 0.25) is 0 Å². The van der Waals surface area contributed by atoms with E-state index < -0.39 is 13.2 Å². The first-order valence-corrected chi connectivity index (χ1v) is 9.31. The number of rotatable bonds is 4. The molecule has 1 N–H and O–H groups in total. The summed E-state index contributed by atoms with van der Waals surface area (Å²) in [6.45, 7) is 8.58. The molecule has 1 aliphatic rings. The van der Waals surface area contributed by atoms with E-state index in [2.05, 4.69) is 5.10 Å². The van der Waals surface area contributed by atoms with Gasteiger partial charge in [-0.05, 0) is 44.8 Å². The number of hydrogen-bond donors (Lipinski definition) is 1. The van der Waals surface area contributed by atoms with Crippen molar-refractivity contribution in [3.8, 4) is 0 Å². The number of nitrogens with zero attached hydrogens (tertiary/aromatic N) is 2. The molecule has 1 saturated heterocycles. The number of benzene rings is 2. The third-order valence-corrected chi connectivity index (χ3v) is 5.68. The normalized spacial score (nSPS) is 19.5. The van der Waals surface area contributed by atoms with Gasteiger partial charge in [-0.15, -0.1) is 0 Å². The Balaban J connectivity index is 1.63. The highest BCUT2D eigenvalue weighted by atomic mass is 16.7. The number of hydrogen-bond acceptors (Lipinski definition) is 4. The molecular formula is C21H25BN2O3. The fourth-order valence-electron chi connectivity index (χ4n) is 3.34. The van der Waals surface area contributed by atoms with Crippen molar-refractivity contribution >= 4 is 23.5 Å². The molecule has 2 aromatic carbocycles. The van der Waals surface area contributed by atoms with Crippen LogP contribution >= 0.6 is 0 Å². The minimum atomic E-state index is -0.610. The summed E-state index contributed by atoms with van der Waals surface area (Å²) in [4.78, 5) is 0. The topological polar surface area (TPSA) is 56.5 Å². The molecule has 27 heavy (non-hydrogen) atoms. The molecule has 1 aliphatic heterocycles. The highest BCUT2D eigenvalue weighted by Crippen LogP contribution is 2.37. The third kappa shape index (κ3) is 3.29. The molecule has 3 aromatic rings. The van der Waals surface area contributed by atoms with Gasteiger partial charge in [0.05, 0.1) is 29.4 Å². The molecule has 6 heteroatoms. The fourth-order valence-corrected chi connectivity index (χ4v) is 3.34. The number of aliphatic hydroxyl groups excluding tert-OH is 1. The lowest BCUT2D eigenvalue weighted by atomic mass is 9.77. The Morgan fingerprint density at radius 1 is 1.00 bits per heavy atom. The Morgan fingerprint density at radius 2 is 1.67 bits per heavy atom. The summed E-state index contributed by atoms with van der Waals surface area (Å²) in [7, 11) is -0.435. The molecule has 0 radical (unpaired) electrons. The van der Waals surface area contributed by atoms with Crippen LogP contribution in [0.5, 0.6) is 0 Å². The van der Waals surface area contributed by atoms with Gasteiger partial charge in [-0.3, -0.25) is 4.68 Å². The van der Waals surface area contributed by atoms with Gasteiger partial charge in [0.2, 0.25) is 0 Å². The molecule has 0 amide bonds. The highest BCUT2D eigenvalue weighted by molar-refractivity contribution is 6.65. The lowest BCUT2D eigenvalue weighted by molar-refractivity contribution is 0.00578. The predicted octanol–water partition coefficient (Wildman–Crippen LogP) is 3.07. The molecule has 1 unspecified atom stereocenters. The molecular weight excluding hydrogens is 339 g/mol. The van der Waals surface area contributed by atoms with Crippen LogP contribution in [0.3, 0.4) is 0 Å². The molecule has 1 aromatic heterocycles. The molecule has 1 fully saturated rings. The van der Waals surface area contributed by atoms with Crippen LogP contribution < -0.4 is 5.46 Å². The fraction of sp³-hybridized carbons (Fsp3) is 0.381. The van der Waals surface area contributed by atoms with E-state index in [-0.39, 0.29) is 11.2 Å². The first-order valence-electron chi connectivity index (χ1n) is 9.31. The Morgan fingerprint density at radius 3 is 2.33 bits per heavy atom. The lowest BCUT2D eigenvalue weighted by Crippen LogP contribution is -2.41. The highest BCUT2D eigenvalue weighted by Gasteiger charge is 2.52. The van der Waals surface area contributed by atoms with Crippen molar-refractivity contribution in [2.24, 2.45) is 0 Å². The average Bonchev–Trinajstić information content (AvgIpc) is 3.12. The second-order valence-corrected chi connectivity index (χ2v) is 8.15. The summed E-state index contributed by atoms with van der Waals surface area (Å²) < 4.78 is 14.2. The van der Waals surface area contributed by atoms with Crippen molar-refractivity contribution in [3.05, 3.63) is 60.3 Å². The second-order valence-electron chi connectivity index (χ2n) is 8.15. The molecule has 0 aliphatic carbocycles. The third-order valence-electron chi connectivity index (χ3n) is 5.68. The largest absolute Gasteiger partial charge is 0.495 e. The molecule has 5 nitrogen and oxygen atoms in total. The Hall–Kier alpha value is -2.15. The maximum absolute atomic E-state index is 10.5. The van der Waals surface area contributed by atoms with Gasteiger partial charge >= 0.3 is 7.12 Å². The van der Waals surface area contributed by atoms with Crippen LogP contribution in [-0.2, 0) is 15.9 Å². The van der Waals surface area contributed by atoms with E-state index in [4.69, 9.17) is 9.31 Å². The summed E-state index contributed by atoms with van der Waals surface area (Å²) >= 11 is 0. The molecule has 2 heterocycles. The van der Waals surface area contributed by atoms with Gasteiger partial charge < -0.3 is 14.4 Å². The van der Waals surface area contributed by atoms with E-state index in [0.29, 0.717) is 6.54 Å². The van der Waals surface area contributed by atoms with Crippen LogP contribution in [0.15, 0.2) is 54.7 Å². The van der Waals surface area contributed by atoms with Crippen molar-refractivity contribution < 1.29 is 14.4 Å². The van der Waals surface area contributed by atoms with E-state index in [0.717, 1.165) is 21.9 Å². The van der Waals surface area contributed by atoms with Crippen LogP contribution in [0.4, 0.5) is 0 Å². The maximum Gasteiger partial charge on any atom is 0.495 e. The predicted molar refractivity (Wildman–Crippen MR) is 107 cm³/mol. The Kier molecular flexibility index (Phi) is 4.37. The van der Waals surface area contributed by atoms with Crippen LogP contribution in [0.25, 0.3) is 10.9 Å². The monoisotopic (exact) mass is 364 g/mol. The number of aliphatic hydroxyl groups is 1. The van der Waals surface area contributed by atoms with Crippen LogP contribution in [-0.4, -0.2) is 33.2 Å². The van der Waals surface area contributed by atoms with Crippen molar-refractivity contribution in [3.63, 3.8) is 0 Å². The minimum Gasteiger partial charge on any atom is -0.399 e. The van der Waals surface area contributed by atoms with E-state index in [1.54, 1.807) is 4.68 Å². The SMILES string of the molecule is CC1(C)OB(c2cccc3nn(CC(O)c4ccccc4)cc23)OC1(C)C. The first-order chi connectivity index (χ1) is 12.8. The standard InChI is InChI=1S/C21H25BN2O3/c1-20(2)21(3,4)27-22(26-20)17-11-8-12-18-16(17)13-24(23-18)14-19(25)15-9-6-5-7-10-15/h5-13,19,25H,14H2,1-4H3. The molecule has 140 valence electrons. The quantitative estimate of drug-likeness (QED) is 0.723. The van der Waals surface area contributed by atoms with Gasteiger partial charge in [0.25, 0.3) is 0 Å². The van der Waals surface area contributed by atoms with Crippen LogP contribution in [0.1, 0.15) is 39.4 Å². The van der Waals surface area contributed by atoms with E-state index in [1.807, 2.05) is 82.4 Å². The summed E-state index contributed by atoms with van der Waals surface area (Å²) in [5.41, 5.74) is 1.93. The summed E-state index contributed by atoms with van der Waals surface area (Å²) in [6, 6.07) is 15.6. The van der Waals surface area contributed by atoms with Gasteiger partial charge in [0.15, 0.2) is 0 Å². The van der Waals surface area contributed by atoms with E-state index >= 15 is 0 Å². The first kappa shape index (κ1) is 18.2. The average molecular weight is 364 g/mol. The summed E-state index contributed by atoms with van der Waals surface area (Å²) in [5, 5.41) is 16.1. The van der Waals surface area contributed by atoms with Gasteiger partial charge in [-0.25, -0.2) is 0 Å². The molecule has 1 atom stereocenters. The number of aromatic nitrogens is 2. The van der Waals surface area contributed by atoms with Gasteiger partial charge in [0, 0.05) is 11.6 Å². The molecule has 0 bridgehead atoms. The lowest BCUT2D eigenvalue weighted by Gasteiger charge is -2.32. The van der Waals surface area contributed by atoms with E-state index in [9.17, 15) is 5.11 Å². The Labute approximate surface area is 160 Å². The molecule has 4 rings (SSSR count). The van der Waals surface area contributed by atoms with Crippen molar-refractivity contribution in [1.82, 2.24) is 9.78 Å². The van der Waals surface area contributed by atoms with Gasteiger partial charge in [0.1, 0.15) is 0 Å². The van der Waals surface area contributed by atoms with Crippen molar-refractivity contribution in [2.45, 2.75) is 51.5 Å². The zero-order valence-electron chi connectivity index (χ0n) is 16.2. The van der Waals surface area contributed by atoms with Gasteiger partial charge in [-0.2, -0.15) is 5.10 Å². The zero-order chi connectivity index (χ0) is 19.2. The minimum absolute atomic E-state index is 0.390. The molecule has 0 saturated carbocycles. The van der Waals surface area contributed by atoms with Crippen molar-refractivity contribution in [2.75, 3.05) is 0 Å². The summed E-state index contributed by atoms with van der Waals surface area (Å²) in [5.74, 6) is 0. The second kappa shape index (κ2) is 6.48. The molecule has 0 spiro atoms.